The van der Waals surface area contributed by atoms with E-state index in [1.807, 2.05) is 24.0 Å². The molecule has 0 spiro atoms. The Morgan fingerprint density at radius 3 is 2.31 bits per heavy atom. The zero-order valence-corrected chi connectivity index (χ0v) is 27.5. The molecule has 246 valence electrons. The van der Waals surface area contributed by atoms with Crippen LogP contribution in [-0.2, 0) is 19.6 Å². The Morgan fingerprint density at radius 1 is 1.02 bits per heavy atom. The number of alkyl carbamates (subject to hydrolysis) is 1. The molecule has 2 heterocycles. The first-order valence-electron chi connectivity index (χ1n) is 15.9. The number of piperidine rings is 1. The molecule has 3 aliphatic rings. The monoisotopic (exact) mass is 644 g/mol. The highest BCUT2D eigenvalue weighted by molar-refractivity contribution is 7.90. The van der Waals surface area contributed by atoms with E-state index in [-0.39, 0.29) is 17.9 Å². The molecule has 1 aromatic heterocycles. The van der Waals surface area contributed by atoms with E-state index in [1.165, 1.54) is 12.5 Å². The van der Waals surface area contributed by atoms with E-state index in [2.05, 4.69) is 21.1 Å². The lowest BCUT2D eigenvalue weighted by Gasteiger charge is -2.41. The minimum Gasteiger partial charge on any atom is -0.477 e. The number of alkyl halides is 1. The van der Waals surface area contributed by atoms with E-state index in [0.29, 0.717) is 43.4 Å². The van der Waals surface area contributed by atoms with Crippen molar-refractivity contribution < 1.29 is 31.9 Å². The second-order valence-electron chi connectivity index (χ2n) is 13.7. The summed E-state index contributed by atoms with van der Waals surface area (Å²) >= 11 is 0. The van der Waals surface area contributed by atoms with Gasteiger partial charge in [0.25, 0.3) is 15.9 Å². The number of carbonyl (C=O) groups excluding carboxylic acids is 2. The number of nitrogens with one attached hydrogen (secondary N) is 2. The molecule has 45 heavy (non-hydrogen) atoms. The van der Waals surface area contributed by atoms with Crippen molar-refractivity contribution in [3.05, 3.63) is 47.5 Å². The molecule has 12 heteroatoms. The van der Waals surface area contributed by atoms with Gasteiger partial charge in [-0.15, -0.1) is 0 Å². The number of pyridine rings is 1. The van der Waals surface area contributed by atoms with Crippen molar-refractivity contribution >= 4 is 27.8 Å². The number of hydrogen-bond acceptors (Lipinski definition) is 8. The fraction of sp³-hybridized carbons (Fsp3) is 0.606. The van der Waals surface area contributed by atoms with Gasteiger partial charge in [0.1, 0.15) is 23.8 Å². The fourth-order valence-corrected chi connectivity index (χ4v) is 7.21. The Labute approximate surface area is 265 Å². The highest BCUT2D eigenvalue weighted by Gasteiger charge is 2.55. The van der Waals surface area contributed by atoms with Crippen molar-refractivity contribution in [3.8, 4) is 5.75 Å². The third-order valence-electron chi connectivity index (χ3n) is 8.98. The highest BCUT2D eigenvalue weighted by atomic mass is 32.2. The lowest BCUT2D eigenvalue weighted by atomic mass is 9.83. The molecule has 3 fully saturated rings. The molecule has 0 atom stereocenters. The molecule has 0 bridgehead atoms. The minimum atomic E-state index is -4.31. The van der Waals surface area contributed by atoms with Crippen molar-refractivity contribution in [1.82, 2.24) is 15.0 Å². The maximum Gasteiger partial charge on any atom is 0.408 e. The van der Waals surface area contributed by atoms with Crippen LogP contribution >= 0.6 is 0 Å². The number of halogens is 1. The molecule has 1 aliphatic heterocycles. The number of aromatic nitrogens is 1. The van der Waals surface area contributed by atoms with Crippen LogP contribution in [0.1, 0.15) is 95.6 Å². The van der Waals surface area contributed by atoms with E-state index in [4.69, 9.17) is 9.47 Å². The van der Waals surface area contributed by atoms with Crippen LogP contribution in [-0.4, -0.2) is 61.9 Å². The minimum absolute atomic E-state index is 0.278. The van der Waals surface area contributed by atoms with Crippen molar-refractivity contribution in [3.63, 3.8) is 0 Å². The lowest BCUT2D eigenvalue weighted by molar-refractivity contribution is -0.128. The number of sulfonamides is 1. The maximum absolute atomic E-state index is 14.1. The van der Waals surface area contributed by atoms with Gasteiger partial charge >= 0.3 is 6.09 Å². The highest BCUT2D eigenvalue weighted by Crippen LogP contribution is 2.46. The quantitative estimate of drug-likeness (QED) is 0.357. The van der Waals surface area contributed by atoms with Gasteiger partial charge in [0.2, 0.25) is 0 Å². The Kier molecular flexibility index (Phi) is 9.35. The van der Waals surface area contributed by atoms with Gasteiger partial charge in [-0.3, -0.25) is 4.79 Å². The van der Waals surface area contributed by atoms with E-state index in [0.717, 1.165) is 36.8 Å². The summed E-state index contributed by atoms with van der Waals surface area (Å²) in [7, 11) is -4.31. The van der Waals surface area contributed by atoms with Gasteiger partial charge < -0.3 is 19.7 Å². The fourth-order valence-electron chi connectivity index (χ4n) is 6.21. The average molecular weight is 645 g/mol. The second-order valence-corrected chi connectivity index (χ2v) is 15.4. The average Bonchev–Trinajstić information content (AvgIpc) is 3.79. The van der Waals surface area contributed by atoms with Gasteiger partial charge in [-0.1, -0.05) is 43.5 Å². The van der Waals surface area contributed by atoms with Crippen LogP contribution in [0, 0.1) is 6.92 Å². The van der Waals surface area contributed by atoms with E-state index < -0.39 is 45.4 Å². The van der Waals surface area contributed by atoms with Crippen LogP contribution in [0.25, 0.3) is 0 Å². The number of anilines is 1. The number of hydrogen-bond donors (Lipinski definition) is 2. The molecule has 2 N–H and O–H groups in total. The van der Waals surface area contributed by atoms with Crippen LogP contribution in [0.5, 0.6) is 5.75 Å². The molecule has 2 aliphatic carbocycles. The summed E-state index contributed by atoms with van der Waals surface area (Å²) in [6.07, 6.45) is 6.39. The number of aryl methyl sites for hydroxylation is 1. The molecule has 2 aromatic rings. The lowest BCUT2D eigenvalue weighted by Crippen LogP contribution is -2.57. The Morgan fingerprint density at radius 2 is 1.69 bits per heavy atom. The summed E-state index contributed by atoms with van der Waals surface area (Å²) in [5, 5.41) is 2.40. The summed E-state index contributed by atoms with van der Waals surface area (Å²) < 4.78 is 54.9. The molecular formula is C33H45FN4O6S. The van der Waals surface area contributed by atoms with Gasteiger partial charge in [-0.2, -0.15) is 8.42 Å². The normalized spacial score (nSPS) is 19.8. The summed E-state index contributed by atoms with van der Waals surface area (Å²) in [5.74, 6) is 0.724. The van der Waals surface area contributed by atoms with Crippen molar-refractivity contribution in [2.24, 2.45) is 0 Å². The summed E-state index contributed by atoms with van der Waals surface area (Å²) in [4.78, 5) is 32.0. The molecular weight excluding hydrogens is 599 g/mol. The topological polar surface area (TPSA) is 127 Å². The standard InChI is InChI=1S/C33H45FN4O6S/c1-23-10-8-13-25(24-11-6-5-7-12-24)28(23)43-33(16-17-33)29(39)37-45(41,42)27-15-9-14-26(35-27)38-20-18-32(22-34,19-21-38)36-30(40)44-31(2,3)4/h8-10,13-15,24H,5-7,11-12,16-22H2,1-4H3,(H,36,40)(H,37,39). The number of nitrogens with zero attached hydrogens (tertiary/aromatic N) is 2. The third-order valence-corrected chi connectivity index (χ3v) is 10.2. The first-order chi connectivity index (χ1) is 21.2. The smallest absolute Gasteiger partial charge is 0.408 e. The molecule has 2 amide bonds. The molecule has 1 saturated heterocycles. The Hall–Kier alpha value is -3.41. The predicted octanol–water partition coefficient (Wildman–Crippen LogP) is 5.69. The van der Waals surface area contributed by atoms with E-state index in [1.54, 1.807) is 32.9 Å². The van der Waals surface area contributed by atoms with Crippen molar-refractivity contribution in [2.45, 2.75) is 113 Å². The number of para-hydroxylation sites is 1. The Bertz CT molecular complexity index is 1510. The first-order valence-corrected chi connectivity index (χ1v) is 17.4. The molecule has 2 saturated carbocycles. The number of carbonyl (C=O) groups is 2. The maximum atomic E-state index is 14.1. The van der Waals surface area contributed by atoms with Crippen LogP contribution < -0.4 is 19.7 Å². The van der Waals surface area contributed by atoms with E-state index >= 15 is 0 Å². The van der Waals surface area contributed by atoms with Crippen LogP contribution in [0.4, 0.5) is 15.0 Å². The molecule has 1 aromatic carbocycles. The zero-order valence-electron chi connectivity index (χ0n) is 26.7. The number of rotatable bonds is 9. The van der Waals surface area contributed by atoms with Gasteiger partial charge in [0.05, 0.1) is 5.54 Å². The van der Waals surface area contributed by atoms with Crippen LogP contribution in [0.3, 0.4) is 0 Å². The van der Waals surface area contributed by atoms with Crippen molar-refractivity contribution in [2.75, 3.05) is 24.7 Å². The molecule has 0 radical (unpaired) electrons. The van der Waals surface area contributed by atoms with Gasteiger partial charge in [-0.05, 0) is 82.6 Å². The SMILES string of the molecule is Cc1cccc(C2CCCCC2)c1OC1(C(=O)NS(=O)(=O)c2cccc(N3CCC(CF)(NC(=O)OC(C)(C)C)CC3)n2)CC1. The summed E-state index contributed by atoms with van der Waals surface area (Å²) in [5.41, 5.74) is -1.02. The molecule has 5 rings (SSSR count). The van der Waals surface area contributed by atoms with Crippen LogP contribution in [0.15, 0.2) is 41.4 Å². The number of ether oxygens (including phenoxy) is 2. The van der Waals surface area contributed by atoms with Crippen LogP contribution in [0.2, 0.25) is 0 Å². The van der Waals surface area contributed by atoms with Gasteiger partial charge in [0, 0.05) is 25.9 Å². The van der Waals surface area contributed by atoms with E-state index in [9.17, 15) is 22.4 Å². The number of amides is 2. The van der Waals surface area contributed by atoms with Gasteiger partial charge in [-0.25, -0.2) is 18.9 Å². The molecule has 10 nitrogen and oxygen atoms in total. The summed E-state index contributed by atoms with van der Waals surface area (Å²) in [6, 6.07) is 10.6. The third kappa shape index (κ3) is 7.70. The van der Waals surface area contributed by atoms with Crippen molar-refractivity contribution in [1.29, 1.82) is 0 Å². The Balaban J connectivity index is 1.25. The molecule has 0 unspecified atom stereocenters. The largest absolute Gasteiger partial charge is 0.477 e. The first kappa shape index (κ1) is 33.0. The zero-order chi connectivity index (χ0) is 32.5. The second kappa shape index (κ2) is 12.8. The van der Waals surface area contributed by atoms with Gasteiger partial charge in [0.15, 0.2) is 10.6 Å². The number of benzene rings is 1. The summed E-state index contributed by atoms with van der Waals surface area (Å²) in [6.45, 7) is 7.07. The predicted molar refractivity (Wildman–Crippen MR) is 169 cm³/mol.